The molecule has 0 spiro atoms. The second kappa shape index (κ2) is 8.06. The first kappa shape index (κ1) is 20.3. The molecule has 0 aliphatic heterocycles. The van der Waals surface area contributed by atoms with Crippen molar-refractivity contribution in [3.8, 4) is 0 Å². The van der Waals surface area contributed by atoms with Crippen LogP contribution in [0, 0.1) is 0 Å². The molecule has 0 radical (unpaired) electrons. The van der Waals surface area contributed by atoms with E-state index in [-0.39, 0.29) is 6.42 Å². The fourth-order valence-electron chi connectivity index (χ4n) is 2.03. The number of aliphatic carboxylic acids is 1. The molecule has 8 nitrogen and oxygen atoms in total. The highest BCUT2D eigenvalue weighted by Gasteiger charge is 2.61. The summed E-state index contributed by atoms with van der Waals surface area (Å²) in [6.45, 7) is 2.04. The summed E-state index contributed by atoms with van der Waals surface area (Å²) in [6.07, 6.45) is 4.09. The van der Waals surface area contributed by atoms with Gasteiger partial charge in [0.15, 0.2) is 0 Å². The van der Waals surface area contributed by atoms with Gasteiger partial charge in [0.05, 0.1) is 0 Å². The lowest BCUT2D eigenvalue weighted by Crippen LogP contribution is -2.52. The zero-order valence-electron chi connectivity index (χ0n) is 11.9. The van der Waals surface area contributed by atoms with Crippen LogP contribution in [0.5, 0.6) is 0 Å². The van der Waals surface area contributed by atoms with Crippen LogP contribution in [0.4, 0.5) is 0 Å². The van der Waals surface area contributed by atoms with Gasteiger partial charge in [0.1, 0.15) is 0 Å². The Hall–Kier alpha value is -0.710. The number of unbranched alkanes of at least 4 members (excludes halogenated alkanes) is 6. The smallest absolute Gasteiger partial charge is 0.346 e. The first-order valence-electron chi connectivity index (χ1n) is 6.68. The molecule has 3 N–H and O–H groups in total. The summed E-state index contributed by atoms with van der Waals surface area (Å²) in [5.74, 6) is -2.31. The van der Waals surface area contributed by atoms with Crippen molar-refractivity contribution >= 4 is 26.2 Å². The summed E-state index contributed by atoms with van der Waals surface area (Å²) in [6, 6.07) is 0. The maximum absolute atomic E-state index is 11.2. The van der Waals surface area contributed by atoms with Gasteiger partial charge in [0.2, 0.25) is 0 Å². The van der Waals surface area contributed by atoms with Crippen LogP contribution in [0.3, 0.4) is 0 Å². The third kappa shape index (κ3) is 5.20. The molecule has 0 atom stereocenters. The maximum atomic E-state index is 11.2. The van der Waals surface area contributed by atoms with Crippen LogP contribution in [0.1, 0.15) is 58.3 Å². The Balaban J connectivity index is 4.86. The molecule has 0 aliphatic carbocycles. The van der Waals surface area contributed by atoms with Crippen LogP contribution in [0.2, 0.25) is 0 Å². The second-order valence-electron chi connectivity index (χ2n) is 4.88. The number of carboxylic acid groups (broad SMARTS) is 1. The van der Waals surface area contributed by atoms with E-state index in [2.05, 4.69) is 0 Å². The molecule has 0 aliphatic rings. The molecule has 0 unspecified atom stereocenters. The number of hydrogen-bond acceptors (Lipinski definition) is 5. The van der Waals surface area contributed by atoms with Crippen molar-refractivity contribution in [1.29, 1.82) is 0 Å². The molecule has 0 aromatic rings. The molecule has 10 heteroatoms. The molecule has 0 amide bonds. The molecule has 21 heavy (non-hydrogen) atoms. The highest BCUT2D eigenvalue weighted by atomic mass is 32.3. The predicted octanol–water partition coefficient (Wildman–Crippen LogP) is 1.68. The van der Waals surface area contributed by atoms with Gasteiger partial charge in [-0.1, -0.05) is 45.4 Å². The Morgan fingerprint density at radius 3 is 1.57 bits per heavy atom. The van der Waals surface area contributed by atoms with Crippen LogP contribution < -0.4 is 0 Å². The minimum Gasteiger partial charge on any atom is -0.479 e. The largest absolute Gasteiger partial charge is 0.479 e. The van der Waals surface area contributed by atoms with E-state index in [0.29, 0.717) is 12.8 Å². The van der Waals surface area contributed by atoms with Gasteiger partial charge in [-0.25, -0.2) is 4.79 Å². The number of carboxylic acids is 1. The molecule has 0 heterocycles. The molecular weight excluding hydrogens is 324 g/mol. The van der Waals surface area contributed by atoms with Gasteiger partial charge in [-0.15, -0.1) is 0 Å². The highest BCUT2D eigenvalue weighted by molar-refractivity contribution is 8.06. The molecule has 0 fully saturated rings. The summed E-state index contributed by atoms with van der Waals surface area (Å²) >= 11 is 0. The van der Waals surface area contributed by atoms with Gasteiger partial charge in [0, 0.05) is 0 Å². The summed E-state index contributed by atoms with van der Waals surface area (Å²) in [4.78, 5) is 11.0. The van der Waals surface area contributed by atoms with E-state index in [4.69, 9.17) is 14.2 Å². The lowest BCUT2D eigenvalue weighted by molar-refractivity contribution is -0.138. The highest BCUT2D eigenvalue weighted by Crippen LogP contribution is 2.30. The average Bonchev–Trinajstić information content (AvgIpc) is 2.28. The molecular formula is C11H22O8S2. The first-order chi connectivity index (χ1) is 9.50. The normalized spacial score (nSPS) is 13.3. The molecule has 0 bridgehead atoms. The molecule has 0 saturated carbocycles. The standard InChI is InChI=1S/C11H22O8S2/c1-2-3-4-5-6-7-8-9-11(10(12)13,20(14,15)16)21(17,18)19/h2-9H2,1H3,(H,12,13)(H,14,15,16)(H,17,18,19). The van der Waals surface area contributed by atoms with Crippen molar-refractivity contribution in [1.82, 2.24) is 0 Å². The SMILES string of the molecule is CCCCCCCCCC(C(=O)O)(S(=O)(=O)O)S(=O)(=O)O. The number of carbonyl (C=O) groups is 1. The van der Waals surface area contributed by atoms with Crippen LogP contribution in [-0.4, -0.2) is 41.1 Å². The van der Waals surface area contributed by atoms with Crippen LogP contribution in [0.15, 0.2) is 0 Å². The Labute approximate surface area is 125 Å². The molecule has 0 aromatic carbocycles. The van der Waals surface area contributed by atoms with Crippen molar-refractivity contribution in [3.05, 3.63) is 0 Å². The fourth-order valence-corrected chi connectivity index (χ4v) is 4.34. The molecule has 0 rings (SSSR count). The van der Waals surface area contributed by atoms with Crippen LogP contribution in [0.25, 0.3) is 0 Å². The van der Waals surface area contributed by atoms with Crippen LogP contribution in [-0.2, 0) is 25.0 Å². The molecule has 126 valence electrons. The van der Waals surface area contributed by atoms with Crippen molar-refractivity contribution in [2.24, 2.45) is 0 Å². The third-order valence-corrected chi connectivity index (χ3v) is 6.96. The Morgan fingerprint density at radius 2 is 1.24 bits per heavy atom. The van der Waals surface area contributed by atoms with E-state index in [1.807, 2.05) is 6.92 Å². The van der Waals surface area contributed by atoms with Gasteiger partial charge in [-0.2, -0.15) is 16.8 Å². The Kier molecular flexibility index (Phi) is 7.79. The zero-order valence-corrected chi connectivity index (χ0v) is 13.5. The van der Waals surface area contributed by atoms with Crippen molar-refractivity contribution < 1.29 is 35.8 Å². The average molecular weight is 346 g/mol. The van der Waals surface area contributed by atoms with Gasteiger partial charge >= 0.3 is 10.0 Å². The lowest BCUT2D eigenvalue weighted by Gasteiger charge is -2.22. The fraction of sp³-hybridized carbons (Fsp3) is 0.909. The van der Waals surface area contributed by atoms with Crippen LogP contribution >= 0.6 is 0 Å². The molecule has 0 saturated heterocycles. The Bertz CT molecular complexity index is 503. The quantitative estimate of drug-likeness (QED) is 0.378. The van der Waals surface area contributed by atoms with E-state index in [1.165, 1.54) is 0 Å². The second-order valence-corrected chi connectivity index (χ2v) is 8.43. The van der Waals surface area contributed by atoms with Gasteiger partial charge in [-0.3, -0.25) is 9.11 Å². The zero-order chi connectivity index (χ0) is 16.7. The van der Waals surface area contributed by atoms with E-state index in [9.17, 15) is 21.6 Å². The number of hydrogen-bond donors (Lipinski definition) is 3. The maximum Gasteiger partial charge on any atom is 0.346 e. The van der Waals surface area contributed by atoms with E-state index in [0.717, 1.165) is 25.7 Å². The minimum atomic E-state index is -5.52. The van der Waals surface area contributed by atoms with Crippen molar-refractivity contribution in [3.63, 3.8) is 0 Å². The van der Waals surface area contributed by atoms with Gasteiger partial charge in [0.25, 0.3) is 20.2 Å². The summed E-state index contributed by atoms with van der Waals surface area (Å²) in [5.41, 5.74) is 0. The third-order valence-electron chi connectivity index (χ3n) is 3.27. The van der Waals surface area contributed by atoms with E-state index in [1.54, 1.807) is 0 Å². The van der Waals surface area contributed by atoms with Crippen molar-refractivity contribution in [2.75, 3.05) is 0 Å². The topological polar surface area (TPSA) is 146 Å². The number of rotatable bonds is 11. The van der Waals surface area contributed by atoms with E-state index >= 15 is 0 Å². The van der Waals surface area contributed by atoms with E-state index < -0.39 is 36.7 Å². The summed E-state index contributed by atoms with van der Waals surface area (Å²) < 4.78 is 59.0. The Morgan fingerprint density at radius 1 is 0.857 bits per heavy atom. The van der Waals surface area contributed by atoms with Gasteiger partial charge in [-0.05, 0) is 12.8 Å². The van der Waals surface area contributed by atoms with Gasteiger partial charge < -0.3 is 5.11 Å². The minimum absolute atomic E-state index is 0.0575. The monoisotopic (exact) mass is 346 g/mol. The summed E-state index contributed by atoms with van der Waals surface area (Å²) in [7, 11) is -11.0. The molecule has 0 aromatic heterocycles. The van der Waals surface area contributed by atoms with Crippen molar-refractivity contribution in [2.45, 2.75) is 62.4 Å². The summed E-state index contributed by atoms with van der Waals surface area (Å²) in [5, 5.41) is 8.89. The predicted molar refractivity (Wildman–Crippen MR) is 76.1 cm³/mol. The first-order valence-corrected chi connectivity index (χ1v) is 9.56. The lowest BCUT2D eigenvalue weighted by atomic mass is 10.1.